The second kappa shape index (κ2) is 15.0. The molecular weight excluding hydrogens is 499 g/mol. The molecule has 0 atom stereocenters. The largest absolute Gasteiger partial charge is 0.357 e. The van der Waals surface area contributed by atoms with E-state index >= 15 is 0 Å². The lowest BCUT2D eigenvalue weighted by atomic mass is 10.0. The van der Waals surface area contributed by atoms with E-state index < -0.39 is 0 Å². The average molecular weight is 543 g/mol. The lowest BCUT2D eigenvalue weighted by Gasteiger charge is -2.33. The summed E-state index contributed by atoms with van der Waals surface area (Å²) in [6.07, 6.45) is 4.78. The third kappa shape index (κ3) is 10.1. The van der Waals surface area contributed by atoms with Crippen LogP contribution in [0.2, 0.25) is 0 Å². The van der Waals surface area contributed by atoms with Crippen molar-refractivity contribution in [2.45, 2.75) is 45.2 Å². The Bertz CT molecular complexity index is 618. The van der Waals surface area contributed by atoms with Crippen LogP contribution >= 0.6 is 24.0 Å². The van der Waals surface area contributed by atoms with Gasteiger partial charge in [-0.1, -0.05) is 30.3 Å². The first-order valence-corrected chi connectivity index (χ1v) is 11.9. The van der Waals surface area contributed by atoms with Gasteiger partial charge in [-0.2, -0.15) is 0 Å². The number of piperidine rings is 1. The molecule has 2 aliphatic heterocycles. The van der Waals surface area contributed by atoms with Crippen molar-refractivity contribution in [1.82, 2.24) is 25.3 Å². The number of rotatable bonds is 8. The van der Waals surface area contributed by atoms with E-state index in [-0.39, 0.29) is 24.0 Å². The molecule has 0 spiro atoms. The molecule has 3 rings (SSSR count). The van der Waals surface area contributed by atoms with Crippen molar-refractivity contribution >= 4 is 29.9 Å². The maximum absolute atomic E-state index is 4.86. The van der Waals surface area contributed by atoms with Gasteiger partial charge < -0.3 is 20.4 Å². The van der Waals surface area contributed by atoms with Crippen LogP contribution in [0.25, 0.3) is 0 Å². The molecule has 1 aromatic rings. The lowest BCUT2D eigenvalue weighted by molar-refractivity contribution is 0.198. The highest BCUT2D eigenvalue weighted by molar-refractivity contribution is 14.0. The number of likely N-dealkylation sites (tertiary alicyclic amines) is 1. The monoisotopic (exact) mass is 542 g/mol. The Morgan fingerprint density at radius 3 is 2.52 bits per heavy atom. The van der Waals surface area contributed by atoms with Gasteiger partial charge in [0, 0.05) is 51.9 Å². The van der Waals surface area contributed by atoms with Crippen molar-refractivity contribution < 1.29 is 0 Å². The summed E-state index contributed by atoms with van der Waals surface area (Å²) in [4.78, 5) is 12.5. The zero-order valence-corrected chi connectivity index (χ0v) is 21.9. The number of nitrogens with zero attached hydrogens (tertiary/aromatic N) is 4. The molecule has 0 amide bonds. The molecule has 0 aromatic heterocycles. The Hall–Kier alpha value is -0.900. The molecule has 2 N–H and O–H groups in total. The molecule has 7 heteroatoms. The van der Waals surface area contributed by atoms with Gasteiger partial charge in [0.15, 0.2) is 5.96 Å². The summed E-state index contributed by atoms with van der Waals surface area (Å²) < 4.78 is 0. The minimum absolute atomic E-state index is 0. The predicted molar refractivity (Wildman–Crippen MR) is 142 cm³/mol. The van der Waals surface area contributed by atoms with Gasteiger partial charge in [0.05, 0.1) is 0 Å². The third-order valence-corrected chi connectivity index (χ3v) is 6.24. The van der Waals surface area contributed by atoms with Crippen molar-refractivity contribution in [3.63, 3.8) is 0 Å². The molecule has 176 valence electrons. The summed E-state index contributed by atoms with van der Waals surface area (Å²) in [6.45, 7) is 13.3. The summed E-state index contributed by atoms with van der Waals surface area (Å²) in [6, 6.07) is 11.3. The number of benzene rings is 1. The first-order valence-electron chi connectivity index (χ1n) is 11.9. The second-order valence-corrected chi connectivity index (χ2v) is 8.79. The number of halogens is 1. The summed E-state index contributed by atoms with van der Waals surface area (Å²) in [5, 5.41) is 7.13. The molecule has 0 radical (unpaired) electrons. The minimum atomic E-state index is 0. The van der Waals surface area contributed by atoms with E-state index in [1.165, 1.54) is 51.0 Å². The Balaban J connectivity index is 0.00000341. The standard InChI is InChI=1S/C24H42N6.HI/c1-3-25-24(26-13-7-15-29-16-8-14-28(2)19-20-29)27-23-11-17-30(18-12-23)21-22-9-5-4-6-10-22;/h4-6,9-10,23H,3,7-8,11-21H2,1-2H3,(H2,25,26,27);1H. The van der Waals surface area contributed by atoms with Gasteiger partial charge in [-0.15, -0.1) is 24.0 Å². The molecule has 6 nitrogen and oxygen atoms in total. The Labute approximate surface area is 206 Å². The van der Waals surface area contributed by atoms with Crippen molar-refractivity contribution in [3.8, 4) is 0 Å². The van der Waals surface area contributed by atoms with E-state index in [1.807, 2.05) is 0 Å². The molecule has 1 aromatic carbocycles. The lowest BCUT2D eigenvalue weighted by Crippen LogP contribution is -2.48. The molecule has 2 saturated heterocycles. The molecule has 2 heterocycles. The van der Waals surface area contributed by atoms with E-state index in [0.717, 1.165) is 51.6 Å². The zero-order valence-electron chi connectivity index (χ0n) is 19.6. The summed E-state index contributed by atoms with van der Waals surface area (Å²) in [7, 11) is 2.23. The van der Waals surface area contributed by atoms with Gasteiger partial charge in [0.1, 0.15) is 0 Å². The molecule has 0 saturated carbocycles. The van der Waals surface area contributed by atoms with Crippen LogP contribution in [0.5, 0.6) is 0 Å². The highest BCUT2D eigenvalue weighted by Gasteiger charge is 2.20. The number of likely N-dealkylation sites (N-methyl/N-ethyl adjacent to an activating group) is 1. The molecular formula is C24H43IN6. The second-order valence-electron chi connectivity index (χ2n) is 8.79. The van der Waals surface area contributed by atoms with Gasteiger partial charge in [-0.3, -0.25) is 9.89 Å². The molecule has 2 fully saturated rings. The molecule has 2 aliphatic rings. The number of guanidine groups is 1. The minimum Gasteiger partial charge on any atom is -0.357 e. The van der Waals surface area contributed by atoms with Crippen LogP contribution in [0.4, 0.5) is 0 Å². The summed E-state index contributed by atoms with van der Waals surface area (Å²) in [5.41, 5.74) is 1.41. The molecule has 0 bridgehead atoms. The van der Waals surface area contributed by atoms with Gasteiger partial charge in [-0.25, -0.2) is 0 Å². The number of hydrogen-bond acceptors (Lipinski definition) is 4. The Morgan fingerprint density at radius 1 is 1.00 bits per heavy atom. The smallest absolute Gasteiger partial charge is 0.191 e. The maximum Gasteiger partial charge on any atom is 0.191 e. The SMILES string of the molecule is CCNC(=NCCCN1CCCN(C)CC1)NC1CCN(Cc2ccccc2)CC1.I. The van der Waals surface area contributed by atoms with E-state index in [1.54, 1.807) is 0 Å². The normalized spacial score (nSPS) is 20.1. The zero-order chi connectivity index (χ0) is 21.0. The predicted octanol–water partition coefficient (Wildman–Crippen LogP) is 2.85. The van der Waals surface area contributed by atoms with Gasteiger partial charge in [-0.05, 0) is 64.9 Å². The van der Waals surface area contributed by atoms with Crippen molar-refractivity contribution in [1.29, 1.82) is 0 Å². The number of aliphatic imine (C=N–C) groups is 1. The molecule has 0 aliphatic carbocycles. The summed E-state index contributed by atoms with van der Waals surface area (Å²) >= 11 is 0. The average Bonchev–Trinajstić information content (AvgIpc) is 2.97. The van der Waals surface area contributed by atoms with Crippen molar-refractivity contribution in [3.05, 3.63) is 35.9 Å². The van der Waals surface area contributed by atoms with Gasteiger partial charge >= 0.3 is 0 Å². The van der Waals surface area contributed by atoms with E-state index in [2.05, 4.69) is 69.6 Å². The number of hydrogen-bond donors (Lipinski definition) is 2. The van der Waals surface area contributed by atoms with Crippen LogP contribution in [-0.2, 0) is 6.54 Å². The Kier molecular flexibility index (Phi) is 12.8. The fraction of sp³-hybridized carbons (Fsp3) is 0.708. The fourth-order valence-electron chi connectivity index (χ4n) is 4.40. The van der Waals surface area contributed by atoms with Crippen LogP contribution in [0, 0.1) is 0 Å². The first kappa shape index (κ1) is 26.4. The van der Waals surface area contributed by atoms with Crippen LogP contribution in [-0.4, -0.2) is 92.7 Å². The molecule has 0 unspecified atom stereocenters. The van der Waals surface area contributed by atoms with Crippen molar-refractivity contribution in [2.24, 2.45) is 4.99 Å². The van der Waals surface area contributed by atoms with Crippen LogP contribution < -0.4 is 10.6 Å². The molecule has 31 heavy (non-hydrogen) atoms. The third-order valence-electron chi connectivity index (χ3n) is 6.24. The highest BCUT2D eigenvalue weighted by atomic mass is 127. The number of nitrogens with one attached hydrogen (secondary N) is 2. The van der Waals surface area contributed by atoms with E-state index in [0.29, 0.717) is 6.04 Å². The van der Waals surface area contributed by atoms with Gasteiger partial charge in [0.25, 0.3) is 0 Å². The van der Waals surface area contributed by atoms with Crippen molar-refractivity contribution in [2.75, 3.05) is 66.0 Å². The fourth-order valence-corrected chi connectivity index (χ4v) is 4.40. The summed E-state index contributed by atoms with van der Waals surface area (Å²) in [5.74, 6) is 0.995. The van der Waals surface area contributed by atoms with E-state index in [4.69, 9.17) is 4.99 Å². The maximum atomic E-state index is 4.86. The topological polar surface area (TPSA) is 46.1 Å². The van der Waals surface area contributed by atoms with Crippen LogP contribution in [0.15, 0.2) is 35.3 Å². The van der Waals surface area contributed by atoms with Crippen LogP contribution in [0.1, 0.15) is 38.2 Å². The van der Waals surface area contributed by atoms with E-state index in [9.17, 15) is 0 Å². The van der Waals surface area contributed by atoms with Gasteiger partial charge in [0.2, 0.25) is 0 Å². The highest BCUT2D eigenvalue weighted by Crippen LogP contribution is 2.13. The van der Waals surface area contributed by atoms with Crippen LogP contribution in [0.3, 0.4) is 0 Å². The first-order chi connectivity index (χ1) is 14.7. The quantitative estimate of drug-likeness (QED) is 0.229. The Morgan fingerprint density at radius 2 is 1.77 bits per heavy atom.